The van der Waals surface area contributed by atoms with Gasteiger partial charge in [0.2, 0.25) is 6.10 Å². The minimum absolute atomic E-state index is 0.0205. The summed E-state index contributed by atoms with van der Waals surface area (Å²) in [6.45, 7) is -0.0205. The van der Waals surface area contributed by atoms with Crippen molar-refractivity contribution in [3.63, 3.8) is 0 Å². The highest BCUT2D eigenvalue weighted by molar-refractivity contribution is 5.73. The van der Waals surface area contributed by atoms with E-state index in [1.807, 2.05) is 0 Å². The molecule has 0 saturated carbocycles. The fourth-order valence-electron chi connectivity index (χ4n) is 1.18. The smallest absolute Gasteiger partial charge is 0.347 e. The Kier molecular flexibility index (Phi) is 4.60. The molecule has 1 atom stereocenters. The van der Waals surface area contributed by atoms with Crippen molar-refractivity contribution >= 4 is 5.97 Å². The molecule has 0 bridgehead atoms. The van der Waals surface area contributed by atoms with Crippen LogP contribution >= 0.6 is 0 Å². The summed E-state index contributed by atoms with van der Waals surface area (Å²) in [6.07, 6.45) is -1.04. The van der Waals surface area contributed by atoms with E-state index in [4.69, 9.17) is 19.3 Å². The number of para-hydroxylation sites is 2. The van der Waals surface area contributed by atoms with Gasteiger partial charge in [-0.1, -0.05) is 12.1 Å². The molecule has 0 amide bonds. The predicted octanol–water partition coefficient (Wildman–Crippen LogP) is 1.17. The number of carboxylic acid groups (broad SMARTS) is 1. The quantitative estimate of drug-likeness (QED) is 0.788. The lowest BCUT2D eigenvalue weighted by atomic mass is 10.3. The normalized spacial score (nSPS) is 11.9. The number of rotatable bonds is 6. The standard InChI is InChI=1S/C11H14O5/c1-14-7-10(11(12)13)16-9-6-4-3-5-8(9)15-2/h3-6,10H,7H2,1-2H3,(H,12,13). The maximum absolute atomic E-state index is 10.8. The Morgan fingerprint density at radius 1 is 1.31 bits per heavy atom. The van der Waals surface area contributed by atoms with Gasteiger partial charge in [-0.05, 0) is 12.1 Å². The van der Waals surface area contributed by atoms with Gasteiger partial charge in [0.25, 0.3) is 0 Å². The molecule has 1 aromatic rings. The summed E-state index contributed by atoms with van der Waals surface area (Å²) in [6, 6.07) is 6.85. The van der Waals surface area contributed by atoms with E-state index in [1.54, 1.807) is 24.3 Å². The molecule has 16 heavy (non-hydrogen) atoms. The maximum atomic E-state index is 10.8. The largest absolute Gasteiger partial charge is 0.493 e. The SMILES string of the molecule is COCC(Oc1ccccc1OC)C(=O)O. The number of aliphatic carboxylic acids is 1. The fourth-order valence-corrected chi connectivity index (χ4v) is 1.18. The molecule has 1 aromatic carbocycles. The first kappa shape index (κ1) is 12.3. The lowest BCUT2D eigenvalue weighted by Gasteiger charge is -2.16. The average Bonchev–Trinajstić information content (AvgIpc) is 2.29. The van der Waals surface area contributed by atoms with Crippen LogP contribution in [0.4, 0.5) is 0 Å². The van der Waals surface area contributed by atoms with Crippen LogP contribution in [0.5, 0.6) is 11.5 Å². The van der Waals surface area contributed by atoms with E-state index in [9.17, 15) is 4.79 Å². The van der Waals surface area contributed by atoms with Crippen LogP contribution in [-0.4, -0.2) is 38.0 Å². The third-order valence-corrected chi connectivity index (χ3v) is 1.93. The Morgan fingerprint density at radius 3 is 2.44 bits per heavy atom. The van der Waals surface area contributed by atoms with Crippen molar-refractivity contribution in [2.45, 2.75) is 6.10 Å². The molecule has 0 spiro atoms. The predicted molar refractivity (Wildman–Crippen MR) is 56.9 cm³/mol. The zero-order valence-corrected chi connectivity index (χ0v) is 9.17. The van der Waals surface area contributed by atoms with Gasteiger partial charge in [-0.3, -0.25) is 0 Å². The summed E-state index contributed by atoms with van der Waals surface area (Å²) in [5.41, 5.74) is 0. The van der Waals surface area contributed by atoms with Gasteiger partial charge in [0, 0.05) is 7.11 Å². The van der Waals surface area contributed by atoms with Gasteiger partial charge in [-0.15, -0.1) is 0 Å². The van der Waals surface area contributed by atoms with Crippen LogP contribution in [0.3, 0.4) is 0 Å². The molecule has 5 heteroatoms. The van der Waals surface area contributed by atoms with Crippen LogP contribution in [-0.2, 0) is 9.53 Å². The van der Waals surface area contributed by atoms with E-state index >= 15 is 0 Å². The summed E-state index contributed by atoms with van der Waals surface area (Å²) in [7, 11) is 2.91. The molecule has 0 aliphatic rings. The third kappa shape index (κ3) is 3.13. The van der Waals surface area contributed by atoms with E-state index in [0.717, 1.165) is 0 Å². The second kappa shape index (κ2) is 5.97. The summed E-state index contributed by atoms with van der Waals surface area (Å²) < 4.78 is 15.1. The average molecular weight is 226 g/mol. The number of hydrogen-bond donors (Lipinski definition) is 1. The molecule has 0 saturated heterocycles. The summed E-state index contributed by atoms with van der Waals surface area (Å²) in [5, 5.41) is 8.88. The molecule has 88 valence electrons. The van der Waals surface area contributed by atoms with Crippen molar-refractivity contribution in [2.24, 2.45) is 0 Å². The van der Waals surface area contributed by atoms with Crippen molar-refractivity contribution in [1.29, 1.82) is 0 Å². The Balaban J connectivity index is 2.80. The first-order chi connectivity index (χ1) is 7.69. The lowest BCUT2D eigenvalue weighted by molar-refractivity contribution is -0.147. The highest BCUT2D eigenvalue weighted by Crippen LogP contribution is 2.26. The van der Waals surface area contributed by atoms with E-state index in [2.05, 4.69) is 0 Å². The molecule has 1 N–H and O–H groups in total. The number of benzene rings is 1. The van der Waals surface area contributed by atoms with Gasteiger partial charge >= 0.3 is 5.97 Å². The molecule has 0 aromatic heterocycles. The van der Waals surface area contributed by atoms with Crippen molar-refractivity contribution in [1.82, 2.24) is 0 Å². The number of methoxy groups -OCH3 is 2. The van der Waals surface area contributed by atoms with E-state index < -0.39 is 12.1 Å². The Bertz CT molecular complexity index is 350. The summed E-state index contributed by atoms with van der Waals surface area (Å²) in [4.78, 5) is 10.8. The second-order valence-electron chi connectivity index (χ2n) is 3.05. The first-order valence-electron chi connectivity index (χ1n) is 4.70. The molecule has 1 unspecified atom stereocenters. The fraction of sp³-hybridized carbons (Fsp3) is 0.364. The monoisotopic (exact) mass is 226 g/mol. The van der Waals surface area contributed by atoms with Crippen molar-refractivity contribution in [3.8, 4) is 11.5 Å². The topological polar surface area (TPSA) is 65.0 Å². The van der Waals surface area contributed by atoms with E-state index in [0.29, 0.717) is 11.5 Å². The van der Waals surface area contributed by atoms with Crippen LogP contribution in [0.1, 0.15) is 0 Å². The number of carbonyl (C=O) groups is 1. The Labute approximate surface area is 93.6 Å². The molecular weight excluding hydrogens is 212 g/mol. The van der Waals surface area contributed by atoms with Crippen LogP contribution in [0.15, 0.2) is 24.3 Å². The number of ether oxygens (including phenoxy) is 3. The molecule has 5 nitrogen and oxygen atoms in total. The van der Waals surface area contributed by atoms with Gasteiger partial charge < -0.3 is 19.3 Å². The van der Waals surface area contributed by atoms with Gasteiger partial charge in [0.15, 0.2) is 11.5 Å². The van der Waals surface area contributed by atoms with Crippen LogP contribution in [0.2, 0.25) is 0 Å². The molecule has 0 fully saturated rings. The second-order valence-corrected chi connectivity index (χ2v) is 3.05. The Morgan fingerprint density at radius 2 is 1.94 bits per heavy atom. The highest BCUT2D eigenvalue weighted by Gasteiger charge is 2.20. The zero-order chi connectivity index (χ0) is 12.0. The van der Waals surface area contributed by atoms with Crippen LogP contribution in [0.25, 0.3) is 0 Å². The molecule has 0 aliphatic carbocycles. The molecular formula is C11H14O5. The molecule has 1 rings (SSSR count). The van der Waals surface area contributed by atoms with Gasteiger partial charge in [0.05, 0.1) is 13.7 Å². The van der Waals surface area contributed by atoms with Crippen molar-refractivity contribution in [2.75, 3.05) is 20.8 Å². The minimum Gasteiger partial charge on any atom is -0.493 e. The summed E-state index contributed by atoms with van der Waals surface area (Å²) in [5.74, 6) is -0.202. The number of hydrogen-bond acceptors (Lipinski definition) is 4. The van der Waals surface area contributed by atoms with E-state index in [-0.39, 0.29) is 6.61 Å². The summed E-state index contributed by atoms with van der Waals surface area (Å²) >= 11 is 0. The lowest BCUT2D eigenvalue weighted by Crippen LogP contribution is -2.31. The van der Waals surface area contributed by atoms with Crippen molar-refractivity contribution in [3.05, 3.63) is 24.3 Å². The number of carboxylic acids is 1. The third-order valence-electron chi connectivity index (χ3n) is 1.93. The van der Waals surface area contributed by atoms with E-state index in [1.165, 1.54) is 14.2 Å². The molecule has 0 aliphatic heterocycles. The van der Waals surface area contributed by atoms with Crippen molar-refractivity contribution < 1.29 is 24.1 Å². The molecule has 0 radical (unpaired) electrons. The molecule has 0 heterocycles. The zero-order valence-electron chi connectivity index (χ0n) is 9.17. The highest BCUT2D eigenvalue weighted by atomic mass is 16.6. The minimum atomic E-state index is -1.08. The van der Waals surface area contributed by atoms with Crippen LogP contribution in [0, 0.1) is 0 Å². The van der Waals surface area contributed by atoms with Crippen LogP contribution < -0.4 is 9.47 Å². The Hall–Kier alpha value is -1.75. The van der Waals surface area contributed by atoms with Gasteiger partial charge in [0.1, 0.15) is 0 Å². The van der Waals surface area contributed by atoms with Gasteiger partial charge in [-0.25, -0.2) is 4.79 Å². The first-order valence-corrected chi connectivity index (χ1v) is 4.70. The maximum Gasteiger partial charge on any atom is 0.347 e. The van der Waals surface area contributed by atoms with Gasteiger partial charge in [-0.2, -0.15) is 0 Å².